The molecule has 0 aromatic heterocycles. The van der Waals surface area contributed by atoms with Gasteiger partial charge in [-0.2, -0.15) is 0 Å². The van der Waals surface area contributed by atoms with Gasteiger partial charge in [0.05, 0.1) is 11.8 Å². The Balaban J connectivity index is 1.60. The van der Waals surface area contributed by atoms with Crippen molar-refractivity contribution >= 4 is 5.69 Å². The first-order chi connectivity index (χ1) is 12.0. The van der Waals surface area contributed by atoms with Gasteiger partial charge in [-0.25, -0.2) is 8.78 Å². The van der Waals surface area contributed by atoms with Gasteiger partial charge < -0.3 is 15.3 Å². The number of halogens is 2. The maximum absolute atomic E-state index is 14.4. The number of nitrogens with zero attached hydrogens (tertiary/aromatic N) is 1. The van der Waals surface area contributed by atoms with Gasteiger partial charge in [-0.05, 0) is 55.2 Å². The minimum absolute atomic E-state index is 0.0481. The molecule has 2 aromatic rings. The second-order valence-corrected chi connectivity index (χ2v) is 6.66. The molecule has 0 spiro atoms. The average Bonchev–Trinajstić information content (AvgIpc) is 2.61. The lowest BCUT2D eigenvalue weighted by atomic mass is 10.1. The SMILES string of the molecule is CC(NCc1ccc(N2CCC(O)CC2)c(F)c1)c1ccc(F)cc1. The Morgan fingerprint density at radius 2 is 1.80 bits per heavy atom. The molecule has 3 nitrogen and oxygen atoms in total. The Morgan fingerprint density at radius 3 is 2.44 bits per heavy atom. The number of hydrogen-bond acceptors (Lipinski definition) is 3. The topological polar surface area (TPSA) is 35.5 Å². The first-order valence-electron chi connectivity index (χ1n) is 8.73. The van der Waals surface area contributed by atoms with E-state index < -0.39 is 0 Å². The molecule has 0 bridgehead atoms. The van der Waals surface area contributed by atoms with E-state index in [4.69, 9.17) is 0 Å². The van der Waals surface area contributed by atoms with Crippen LogP contribution in [0.4, 0.5) is 14.5 Å². The fourth-order valence-corrected chi connectivity index (χ4v) is 3.16. The average molecular weight is 346 g/mol. The molecule has 0 aliphatic carbocycles. The molecule has 3 rings (SSSR count). The van der Waals surface area contributed by atoms with Crippen molar-refractivity contribution in [1.82, 2.24) is 5.32 Å². The zero-order chi connectivity index (χ0) is 17.8. The molecule has 1 unspecified atom stereocenters. The van der Waals surface area contributed by atoms with E-state index in [0.29, 0.717) is 38.2 Å². The number of anilines is 1. The molecular weight excluding hydrogens is 322 g/mol. The third kappa shape index (κ3) is 4.55. The lowest BCUT2D eigenvalue weighted by molar-refractivity contribution is 0.145. The maximum atomic E-state index is 14.4. The molecular formula is C20H24F2N2O. The van der Waals surface area contributed by atoms with E-state index >= 15 is 0 Å². The zero-order valence-electron chi connectivity index (χ0n) is 14.4. The Morgan fingerprint density at radius 1 is 1.12 bits per heavy atom. The van der Waals surface area contributed by atoms with Crippen LogP contribution in [0, 0.1) is 11.6 Å². The first-order valence-corrected chi connectivity index (χ1v) is 8.73. The molecule has 1 aliphatic rings. The summed E-state index contributed by atoms with van der Waals surface area (Å²) in [6, 6.07) is 11.7. The predicted octanol–water partition coefficient (Wildman–Crippen LogP) is 3.78. The van der Waals surface area contributed by atoms with Crippen molar-refractivity contribution in [1.29, 1.82) is 0 Å². The first kappa shape index (κ1) is 17.8. The van der Waals surface area contributed by atoms with Gasteiger partial charge in [-0.15, -0.1) is 0 Å². The van der Waals surface area contributed by atoms with E-state index in [2.05, 4.69) is 5.32 Å². The van der Waals surface area contributed by atoms with Crippen LogP contribution < -0.4 is 10.2 Å². The largest absolute Gasteiger partial charge is 0.393 e. The van der Waals surface area contributed by atoms with Crippen LogP contribution in [0.25, 0.3) is 0 Å². The van der Waals surface area contributed by atoms with Gasteiger partial charge >= 0.3 is 0 Å². The van der Waals surface area contributed by atoms with Gasteiger partial charge in [0.25, 0.3) is 0 Å². The number of benzene rings is 2. The summed E-state index contributed by atoms with van der Waals surface area (Å²) in [5, 5.41) is 12.9. The van der Waals surface area contributed by atoms with Crippen LogP contribution in [-0.4, -0.2) is 24.3 Å². The molecule has 0 saturated carbocycles. The zero-order valence-corrected chi connectivity index (χ0v) is 14.4. The van der Waals surface area contributed by atoms with Gasteiger partial charge in [0.1, 0.15) is 11.6 Å². The summed E-state index contributed by atoms with van der Waals surface area (Å²) < 4.78 is 27.4. The highest BCUT2D eigenvalue weighted by Crippen LogP contribution is 2.24. The Labute approximate surface area is 147 Å². The molecule has 1 atom stereocenters. The molecule has 25 heavy (non-hydrogen) atoms. The van der Waals surface area contributed by atoms with Crippen LogP contribution in [0.1, 0.15) is 36.9 Å². The summed E-state index contributed by atoms with van der Waals surface area (Å²) in [4.78, 5) is 1.99. The van der Waals surface area contributed by atoms with Crippen LogP contribution in [0.15, 0.2) is 42.5 Å². The summed E-state index contributed by atoms with van der Waals surface area (Å²) >= 11 is 0. The summed E-state index contributed by atoms with van der Waals surface area (Å²) in [6.45, 7) is 3.89. The van der Waals surface area contributed by atoms with Gasteiger partial charge in [-0.3, -0.25) is 0 Å². The molecule has 1 fully saturated rings. The second-order valence-electron chi connectivity index (χ2n) is 6.66. The van der Waals surface area contributed by atoms with Crippen molar-refractivity contribution in [2.75, 3.05) is 18.0 Å². The highest BCUT2D eigenvalue weighted by Gasteiger charge is 2.19. The Kier molecular flexibility index (Phi) is 5.66. The standard InChI is InChI=1S/C20H24F2N2O/c1-14(16-3-5-17(21)6-4-16)23-13-15-2-7-20(19(22)12-15)24-10-8-18(25)9-11-24/h2-7,12,14,18,23,25H,8-11,13H2,1H3. The molecule has 1 saturated heterocycles. The van der Waals surface area contributed by atoms with Crippen LogP contribution in [0.3, 0.4) is 0 Å². The molecule has 2 aromatic carbocycles. The van der Waals surface area contributed by atoms with E-state index in [0.717, 1.165) is 11.1 Å². The molecule has 134 valence electrons. The molecule has 5 heteroatoms. The number of piperidine rings is 1. The fraction of sp³-hybridized carbons (Fsp3) is 0.400. The lowest BCUT2D eigenvalue weighted by Crippen LogP contribution is -2.36. The minimum Gasteiger partial charge on any atom is -0.393 e. The highest BCUT2D eigenvalue weighted by atomic mass is 19.1. The minimum atomic E-state index is -0.268. The summed E-state index contributed by atoms with van der Waals surface area (Å²) in [5.41, 5.74) is 2.46. The van der Waals surface area contributed by atoms with Gasteiger partial charge in [0, 0.05) is 25.7 Å². The van der Waals surface area contributed by atoms with Gasteiger partial charge in [-0.1, -0.05) is 18.2 Å². The van der Waals surface area contributed by atoms with Crippen molar-refractivity contribution in [3.8, 4) is 0 Å². The third-order valence-corrected chi connectivity index (χ3v) is 4.80. The van der Waals surface area contributed by atoms with Crippen molar-refractivity contribution < 1.29 is 13.9 Å². The van der Waals surface area contributed by atoms with E-state index in [1.165, 1.54) is 12.1 Å². The summed E-state index contributed by atoms with van der Waals surface area (Å²) in [6.07, 6.45) is 1.09. The second kappa shape index (κ2) is 7.93. The third-order valence-electron chi connectivity index (χ3n) is 4.80. The van der Waals surface area contributed by atoms with E-state index in [9.17, 15) is 13.9 Å². The lowest BCUT2D eigenvalue weighted by Gasteiger charge is -2.31. The van der Waals surface area contributed by atoms with Crippen LogP contribution in [-0.2, 0) is 6.54 Å². The number of aliphatic hydroxyl groups excluding tert-OH is 1. The normalized spacial score (nSPS) is 16.9. The number of nitrogens with one attached hydrogen (secondary N) is 1. The highest BCUT2D eigenvalue weighted by molar-refractivity contribution is 5.49. The molecule has 1 aliphatic heterocycles. The van der Waals surface area contributed by atoms with E-state index in [1.54, 1.807) is 18.2 Å². The molecule has 1 heterocycles. The summed E-state index contributed by atoms with van der Waals surface area (Å²) in [7, 11) is 0. The number of rotatable bonds is 5. The number of aliphatic hydroxyl groups is 1. The smallest absolute Gasteiger partial charge is 0.146 e. The maximum Gasteiger partial charge on any atom is 0.146 e. The predicted molar refractivity (Wildman–Crippen MR) is 95.5 cm³/mol. The van der Waals surface area contributed by atoms with Crippen LogP contribution in [0.5, 0.6) is 0 Å². The Bertz CT molecular complexity index is 697. The monoisotopic (exact) mass is 346 g/mol. The van der Waals surface area contributed by atoms with Crippen LogP contribution >= 0.6 is 0 Å². The van der Waals surface area contributed by atoms with Gasteiger partial charge in [0.2, 0.25) is 0 Å². The molecule has 0 amide bonds. The van der Waals surface area contributed by atoms with E-state index in [-0.39, 0.29) is 23.8 Å². The van der Waals surface area contributed by atoms with Crippen molar-refractivity contribution in [2.24, 2.45) is 0 Å². The fourth-order valence-electron chi connectivity index (χ4n) is 3.16. The van der Waals surface area contributed by atoms with Gasteiger partial charge in [0.15, 0.2) is 0 Å². The van der Waals surface area contributed by atoms with Crippen LogP contribution in [0.2, 0.25) is 0 Å². The van der Waals surface area contributed by atoms with E-state index in [1.807, 2.05) is 24.0 Å². The summed E-state index contributed by atoms with van der Waals surface area (Å²) in [5.74, 6) is -0.482. The van der Waals surface area contributed by atoms with Crippen molar-refractivity contribution in [3.63, 3.8) is 0 Å². The van der Waals surface area contributed by atoms with Crippen molar-refractivity contribution in [2.45, 2.75) is 38.5 Å². The molecule has 0 radical (unpaired) electrons. The Hall–Kier alpha value is -1.98. The number of hydrogen-bond donors (Lipinski definition) is 2. The molecule has 2 N–H and O–H groups in total. The quantitative estimate of drug-likeness (QED) is 0.865. The van der Waals surface area contributed by atoms with Crippen molar-refractivity contribution in [3.05, 3.63) is 65.2 Å².